The summed E-state index contributed by atoms with van der Waals surface area (Å²) in [6, 6.07) is 6.91. The third-order valence-corrected chi connectivity index (χ3v) is 2.75. The molecular weight excluding hydrogens is 231 g/mol. The van der Waals surface area contributed by atoms with E-state index < -0.39 is 5.95 Å². The lowest BCUT2D eigenvalue weighted by Gasteiger charge is -2.04. The number of hydrogen-bond acceptors (Lipinski definition) is 3. The summed E-state index contributed by atoms with van der Waals surface area (Å²) >= 11 is 0. The lowest BCUT2D eigenvalue weighted by atomic mass is 10.2. The predicted molar refractivity (Wildman–Crippen MR) is 67.6 cm³/mol. The van der Waals surface area contributed by atoms with Crippen LogP contribution in [0.2, 0.25) is 0 Å². The number of nitrogens with zero attached hydrogens (tertiary/aromatic N) is 2. The Kier molecular flexibility index (Phi) is 2.64. The summed E-state index contributed by atoms with van der Waals surface area (Å²) in [6.07, 6.45) is 5.14. The SMILES string of the molecule is Fc1ccc(NCc2c[nH]c3ncccc23)cn1. The van der Waals surface area contributed by atoms with E-state index in [1.807, 2.05) is 18.3 Å². The number of rotatable bonds is 3. The molecule has 0 saturated heterocycles. The first-order valence-corrected chi connectivity index (χ1v) is 5.59. The van der Waals surface area contributed by atoms with Crippen LogP contribution < -0.4 is 5.32 Å². The monoisotopic (exact) mass is 242 g/mol. The van der Waals surface area contributed by atoms with Gasteiger partial charge in [-0.3, -0.25) is 0 Å². The maximum absolute atomic E-state index is 12.7. The van der Waals surface area contributed by atoms with Crippen LogP contribution in [0.1, 0.15) is 5.56 Å². The van der Waals surface area contributed by atoms with Crippen molar-refractivity contribution in [3.63, 3.8) is 0 Å². The zero-order chi connectivity index (χ0) is 12.4. The van der Waals surface area contributed by atoms with Crippen molar-refractivity contribution < 1.29 is 4.39 Å². The minimum atomic E-state index is -0.475. The van der Waals surface area contributed by atoms with Crippen molar-refractivity contribution in [2.45, 2.75) is 6.54 Å². The van der Waals surface area contributed by atoms with E-state index >= 15 is 0 Å². The van der Waals surface area contributed by atoms with Crippen molar-refractivity contribution in [1.29, 1.82) is 0 Å². The van der Waals surface area contributed by atoms with Crippen molar-refractivity contribution in [2.24, 2.45) is 0 Å². The Bertz CT molecular complexity index is 660. The number of hydrogen-bond donors (Lipinski definition) is 2. The number of aromatic nitrogens is 3. The molecule has 18 heavy (non-hydrogen) atoms. The summed E-state index contributed by atoms with van der Waals surface area (Å²) in [5, 5.41) is 4.27. The van der Waals surface area contributed by atoms with Crippen LogP contribution >= 0.6 is 0 Å². The van der Waals surface area contributed by atoms with Gasteiger partial charge in [-0.1, -0.05) is 0 Å². The molecule has 0 saturated carbocycles. The summed E-state index contributed by atoms with van der Waals surface area (Å²) in [5.41, 5.74) is 2.77. The lowest BCUT2D eigenvalue weighted by Crippen LogP contribution is -1.99. The molecule has 90 valence electrons. The van der Waals surface area contributed by atoms with E-state index in [0.717, 1.165) is 22.3 Å². The van der Waals surface area contributed by atoms with Gasteiger partial charge < -0.3 is 10.3 Å². The topological polar surface area (TPSA) is 53.6 Å². The Balaban J connectivity index is 1.79. The molecule has 3 heterocycles. The number of pyridine rings is 2. The highest BCUT2D eigenvalue weighted by molar-refractivity contribution is 5.79. The molecule has 0 radical (unpaired) electrons. The molecule has 0 amide bonds. The van der Waals surface area contributed by atoms with E-state index in [9.17, 15) is 4.39 Å². The quantitative estimate of drug-likeness (QED) is 0.694. The average molecular weight is 242 g/mol. The molecular formula is C13H11FN4. The molecule has 5 heteroatoms. The predicted octanol–water partition coefficient (Wildman–Crippen LogP) is 2.71. The molecule has 0 atom stereocenters. The van der Waals surface area contributed by atoms with Gasteiger partial charge in [0.25, 0.3) is 0 Å². The number of anilines is 1. The summed E-state index contributed by atoms with van der Waals surface area (Å²) in [6.45, 7) is 0.638. The summed E-state index contributed by atoms with van der Waals surface area (Å²) in [7, 11) is 0. The molecule has 0 aliphatic rings. The fraction of sp³-hybridized carbons (Fsp3) is 0.0769. The van der Waals surface area contributed by atoms with Gasteiger partial charge in [0.2, 0.25) is 5.95 Å². The summed E-state index contributed by atoms with van der Waals surface area (Å²) in [4.78, 5) is 10.9. The second-order valence-corrected chi connectivity index (χ2v) is 3.94. The summed E-state index contributed by atoms with van der Waals surface area (Å²) in [5.74, 6) is -0.475. The lowest BCUT2D eigenvalue weighted by molar-refractivity contribution is 0.584. The molecule has 2 N–H and O–H groups in total. The van der Waals surface area contributed by atoms with E-state index in [1.165, 1.54) is 12.3 Å². The van der Waals surface area contributed by atoms with Crippen LogP contribution in [-0.2, 0) is 6.54 Å². The van der Waals surface area contributed by atoms with Gasteiger partial charge in [0.1, 0.15) is 5.65 Å². The highest BCUT2D eigenvalue weighted by Crippen LogP contribution is 2.17. The highest BCUT2D eigenvalue weighted by Gasteiger charge is 2.03. The number of fused-ring (bicyclic) bond motifs is 1. The van der Waals surface area contributed by atoms with Gasteiger partial charge in [-0.25, -0.2) is 9.97 Å². The minimum absolute atomic E-state index is 0.475. The molecule has 0 unspecified atom stereocenters. The standard InChI is InChI=1S/C13H11FN4/c14-12-4-3-10(8-17-12)16-6-9-7-18-13-11(9)2-1-5-15-13/h1-5,7-8,16H,6H2,(H,15,18). The van der Waals surface area contributed by atoms with Gasteiger partial charge in [-0.05, 0) is 29.8 Å². The first kappa shape index (κ1) is 10.7. The highest BCUT2D eigenvalue weighted by atomic mass is 19.1. The molecule has 0 aromatic carbocycles. The Labute approximate surface area is 103 Å². The first-order valence-electron chi connectivity index (χ1n) is 5.59. The molecule has 0 fully saturated rings. The molecule has 3 aromatic heterocycles. The van der Waals surface area contributed by atoms with Crippen LogP contribution in [0.4, 0.5) is 10.1 Å². The molecule has 0 aliphatic carbocycles. The molecule has 4 nitrogen and oxygen atoms in total. The fourth-order valence-corrected chi connectivity index (χ4v) is 1.84. The van der Waals surface area contributed by atoms with Crippen molar-refractivity contribution in [3.8, 4) is 0 Å². The molecule has 0 aliphatic heterocycles. The van der Waals surface area contributed by atoms with E-state index in [1.54, 1.807) is 12.3 Å². The minimum Gasteiger partial charge on any atom is -0.380 e. The van der Waals surface area contributed by atoms with Crippen molar-refractivity contribution in [3.05, 3.63) is 54.4 Å². The number of H-pyrrole nitrogens is 1. The van der Waals surface area contributed by atoms with Crippen molar-refractivity contribution in [2.75, 3.05) is 5.32 Å². The van der Waals surface area contributed by atoms with Gasteiger partial charge in [0.05, 0.1) is 11.9 Å². The van der Waals surface area contributed by atoms with Gasteiger partial charge in [-0.2, -0.15) is 4.39 Å². The van der Waals surface area contributed by atoms with Gasteiger partial charge >= 0.3 is 0 Å². The van der Waals surface area contributed by atoms with Crippen molar-refractivity contribution in [1.82, 2.24) is 15.0 Å². The second-order valence-electron chi connectivity index (χ2n) is 3.94. The maximum Gasteiger partial charge on any atom is 0.212 e. The van der Waals surface area contributed by atoms with Gasteiger partial charge in [0.15, 0.2) is 0 Å². The third-order valence-electron chi connectivity index (χ3n) is 2.75. The second kappa shape index (κ2) is 4.44. The number of nitrogens with one attached hydrogen (secondary N) is 2. The van der Waals surface area contributed by atoms with E-state index in [-0.39, 0.29) is 0 Å². The maximum atomic E-state index is 12.7. The molecule has 3 aromatic rings. The van der Waals surface area contributed by atoms with Crippen LogP contribution in [0.15, 0.2) is 42.9 Å². The number of halogens is 1. The molecule has 3 rings (SSSR count). The van der Waals surface area contributed by atoms with Crippen LogP contribution in [0.5, 0.6) is 0 Å². The molecule has 0 spiro atoms. The van der Waals surface area contributed by atoms with Gasteiger partial charge in [0, 0.05) is 24.3 Å². The zero-order valence-corrected chi connectivity index (χ0v) is 9.52. The Morgan fingerprint density at radius 3 is 3.00 bits per heavy atom. The normalized spacial score (nSPS) is 10.7. The molecule has 0 bridgehead atoms. The first-order chi connectivity index (χ1) is 8.83. The van der Waals surface area contributed by atoms with Crippen LogP contribution in [-0.4, -0.2) is 15.0 Å². The average Bonchev–Trinajstić information content (AvgIpc) is 2.82. The van der Waals surface area contributed by atoms with E-state index in [0.29, 0.717) is 6.54 Å². The van der Waals surface area contributed by atoms with Crippen LogP contribution in [0, 0.1) is 5.95 Å². The van der Waals surface area contributed by atoms with Gasteiger partial charge in [-0.15, -0.1) is 0 Å². The fourth-order valence-electron chi connectivity index (χ4n) is 1.84. The van der Waals surface area contributed by atoms with Crippen LogP contribution in [0.3, 0.4) is 0 Å². The Morgan fingerprint density at radius 2 is 2.17 bits per heavy atom. The summed E-state index contributed by atoms with van der Waals surface area (Å²) < 4.78 is 12.7. The number of aromatic amines is 1. The van der Waals surface area contributed by atoms with E-state index in [2.05, 4.69) is 20.3 Å². The third kappa shape index (κ3) is 2.02. The Hall–Kier alpha value is -2.43. The van der Waals surface area contributed by atoms with Crippen LogP contribution in [0.25, 0.3) is 11.0 Å². The Morgan fingerprint density at radius 1 is 1.22 bits per heavy atom. The smallest absolute Gasteiger partial charge is 0.212 e. The largest absolute Gasteiger partial charge is 0.380 e. The van der Waals surface area contributed by atoms with E-state index in [4.69, 9.17) is 0 Å². The van der Waals surface area contributed by atoms with Crippen molar-refractivity contribution >= 4 is 16.7 Å². The zero-order valence-electron chi connectivity index (χ0n) is 9.52.